The third kappa shape index (κ3) is 0.874. The topological polar surface area (TPSA) is 52.5 Å². The summed E-state index contributed by atoms with van der Waals surface area (Å²) < 4.78 is 0. The zero-order valence-electron chi connectivity index (χ0n) is 6.94. The highest BCUT2D eigenvalue weighted by molar-refractivity contribution is 5.24. The summed E-state index contributed by atoms with van der Waals surface area (Å²) in [6.45, 7) is 1.94. The molecule has 0 amide bonds. The first-order valence-electron chi connectivity index (χ1n) is 4.13. The number of aliphatic hydroxyl groups is 2. The second-order valence-corrected chi connectivity index (χ2v) is 3.65. The molecule has 1 heterocycles. The second kappa shape index (κ2) is 2.42. The SMILES string of the molecule is CC12C=CC=CC1C(O)NC2O. The highest BCUT2D eigenvalue weighted by atomic mass is 16.3. The molecular formula is C9H13NO2. The minimum Gasteiger partial charge on any atom is -0.378 e. The molecule has 1 saturated heterocycles. The van der Waals surface area contributed by atoms with Gasteiger partial charge in [-0.25, -0.2) is 0 Å². The Balaban J connectivity index is 2.36. The largest absolute Gasteiger partial charge is 0.378 e. The summed E-state index contributed by atoms with van der Waals surface area (Å²) in [5.74, 6) is -0.0162. The van der Waals surface area contributed by atoms with Gasteiger partial charge in [-0.1, -0.05) is 31.2 Å². The molecule has 1 fully saturated rings. The van der Waals surface area contributed by atoms with E-state index in [0.717, 1.165) is 0 Å². The van der Waals surface area contributed by atoms with Gasteiger partial charge >= 0.3 is 0 Å². The average Bonchev–Trinajstić information content (AvgIpc) is 2.25. The Morgan fingerprint density at radius 2 is 2.08 bits per heavy atom. The molecule has 3 heteroatoms. The van der Waals surface area contributed by atoms with Crippen molar-refractivity contribution in [3.63, 3.8) is 0 Å². The van der Waals surface area contributed by atoms with Crippen LogP contribution in [0, 0.1) is 11.3 Å². The number of hydrogen-bond donors (Lipinski definition) is 3. The highest BCUT2D eigenvalue weighted by Gasteiger charge is 2.48. The number of allylic oxidation sites excluding steroid dienone is 2. The summed E-state index contributed by atoms with van der Waals surface area (Å²) in [5, 5.41) is 21.8. The maximum absolute atomic E-state index is 9.60. The van der Waals surface area contributed by atoms with Crippen molar-refractivity contribution in [1.82, 2.24) is 5.32 Å². The third-order valence-electron chi connectivity index (χ3n) is 2.86. The van der Waals surface area contributed by atoms with E-state index in [2.05, 4.69) is 5.32 Å². The van der Waals surface area contributed by atoms with E-state index in [0.29, 0.717) is 0 Å². The number of fused-ring (bicyclic) bond motifs is 1. The standard InChI is InChI=1S/C9H13NO2/c1-9-5-3-2-4-6(9)7(11)10-8(9)12/h2-8,10-12H,1H3. The van der Waals surface area contributed by atoms with Crippen LogP contribution in [0.2, 0.25) is 0 Å². The molecule has 66 valence electrons. The molecule has 0 aromatic heterocycles. The third-order valence-corrected chi connectivity index (χ3v) is 2.86. The molecule has 3 nitrogen and oxygen atoms in total. The summed E-state index contributed by atoms with van der Waals surface area (Å²) in [7, 11) is 0. The zero-order valence-corrected chi connectivity index (χ0v) is 6.94. The molecule has 2 aliphatic rings. The number of hydrogen-bond acceptors (Lipinski definition) is 3. The van der Waals surface area contributed by atoms with Gasteiger partial charge in [-0.2, -0.15) is 0 Å². The summed E-state index contributed by atoms with van der Waals surface area (Å²) in [6, 6.07) is 0. The predicted octanol–water partition coefficient (Wildman–Crippen LogP) is -0.0251. The van der Waals surface area contributed by atoms with Gasteiger partial charge in [0.25, 0.3) is 0 Å². The van der Waals surface area contributed by atoms with Crippen LogP contribution in [0.5, 0.6) is 0 Å². The predicted molar refractivity (Wildman–Crippen MR) is 45.0 cm³/mol. The molecule has 0 bridgehead atoms. The average molecular weight is 167 g/mol. The number of nitrogens with one attached hydrogen (secondary N) is 1. The van der Waals surface area contributed by atoms with Gasteiger partial charge in [0.1, 0.15) is 12.5 Å². The van der Waals surface area contributed by atoms with Crippen molar-refractivity contribution >= 4 is 0 Å². The molecule has 0 radical (unpaired) electrons. The molecule has 0 spiro atoms. The molecule has 1 aliphatic carbocycles. The lowest BCUT2D eigenvalue weighted by atomic mass is 9.75. The quantitative estimate of drug-likeness (QED) is 0.475. The van der Waals surface area contributed by atoms with E-state index in [1.165, 1.54) is 0 Å². The lowest BCUT2D eigenvalue weighted by Gasteiger charge is -2.30. The highest BCUT2D eigenvalue weighted by Crippen LogP contribution is 2.41. The van der Waals surface area contributed by atoms with Gasteiger partial charge in [0, 0.05) is 11.3 Å². The van der Waals surface area contributed by atoms with Crippen LogP contribution >= 0.6 is 0 Å². The molecular weight excluding hydrogens is 154 g/mol. The Kier molecular flexibility index (Phi) is 1.61. The van der Waals surface area contributed by atoms with Gasteiger partial charge in [0.15, 0.2) is 0 Å². The Morgan fingerprint density at radius 1 is 1.33 bits per heavy atom. The van der Waals surface area contributed by atoms with Gasteiger partial charge < -0.3 is 10.2 Å². The molecule has 2 rings (SSSR count). The number of rotatable bonds is 0. The first-order chi connectivity index (χ1) is 5.64. The van der Waals surface area contributed by atoms with E-state index in [1.54, 1.807) is 0 Å². The van der Waals surface area contributed by atoms with E-state index >= 15 is 0 Å². The van der Waals surface area contributed by atoms with Crippen molar-refractivity contribution in [3.8, 4) is 0 Å². The molecule has 1 aliphatic heterocycles. The fraction of sp³-hybridized carbons (Fsp3) is 0.556. The van der Waals surface area contributed by atoms with Crippen LogP contribution < -0.4 is 5.32 Å². The molecule has 0 aromatic rings. The van der Waals surface area contributed by atoms with Crippen LogP contribution in [0.4, 0.5) is 0 Å². The molecule has 4 atom stereocenters. The van der Waals surface area contributed by atoms with Crippen LogP contribution in [0.3, 0.4) is 0 Å². The van der Waals surface area contributed by atoms with Crippen LogP contribution in [-0.2, 0) is 0 Å². The summed E-state index contributed by atoms with van der Waals surface area (Å²) >= 11 is 0. The molecule has 0 aromatic carbocycles. The number of aliphatic hydroxyl groups excluding tert-OH is 2. The fourth-order valence-electron chi connectivity index (χ4n) is 1.93. The van der Waals surface area contributed by atoms with Crippen molar-refractivity contribution in [2.45, 2.75) is 19.4 Å². The maximum Gasteiger partial charge on any atom is 0.116 e. The van der Waals surface area contributed by atoms with Crippen molar-refractivity contribution in [3.05, 3.63) is 24.3 Å². The molecule has 4 unspecified atom stereocenters. The van der Waals surface area contributed by atoms with Gasteiger partial charge in [0.2, 0.25) is 0 Å². The zero-order chi connectivity index (χ0) is 8.77. The van der Waals surface area contributed by atoms with Gasteiger partial charge in [-0.05, 0) is 0 Å². The first-order valence-corrected chi connectivity index (χ1v) is 4.13. The lowest BCUT2D eigenvalue weighted by Crippen LogP contribution is -2.35. The summed E-state index contributed by atoms with van der Waals surface area (Å²) in [5.41, 5.74) is -0.353. The van der Waals surface area contributed by atoms with Crippen molar-refractivity contribution < 1.29 is 10.2 Å². The van der Waals surface area contributed by atoms with E-state index in [9.17, 15) is 10.2 Å². The lowest BCUT2D eigenvalue weighted by molar-refractivity contribution is 0.0656. The second-order valence-electron chi connectivity index (χ2n) is 3.65. The van der Waals surface area contributed by atoms with Crippen LogP contribution in [-0.4, -0.2) is 22.7 Å². The van der Waals surface area contributed by atoms with Crippen LogP contribution in [0.25, 0.3) is 0 Å². The van der Waals surface area contributed by atoms with E-state index in [-0.39, 0.29) is 11.3 Å². The summed E-state index contributed by atoms with van der Waals surface area (Å²) in [4.78, 5) is 0. The normalized spacial score (nSPS) is 51.1. The molecule has 12 heavy (non-hydrogen) atoms. The fourth-order valence-corrected chi connectivity index (χ4v) is 1.93. The Hall–Kier alpha value is -0.640. The van der Waals surface area contributed by atoms with Crippen molar-refractivity contribution in [2.24, 2.45) is 11.3 Å². The maximum atomic E-state index is 9.60. The molecule has 0 saturated carbocycles. The van der Waals surface area contributed by atoms with E-state index in [4.69, 9.17) is 0 Å². The minimum absolute atomic E-state index is 0.0162. The first kappa shape index (κ1) is 7.98. The van der Waals surface area contributed by atoms with Crippen LogP contribution in [0.1, 0.15) is 6.92 Å². The Labute approximate surface area is 71.4 Å². The van der Waals surface area contributed by atoms with Gasteiger partial charge in [0.05, 0.1) is 0 Å². The van der Waals surface area contributed by atoms with Gasteiger partial charge in [-0.15, -0.1) is 0 Å². The Morgan fingerprint density at radius 3 is 2.75 bits per heavy atom. The van der Waals surface area contributed by atoms with E-state index in [1.807, 2.05) is 31.2 Å². The minimum atomic E-state index is -0.654. The van der Waals surface area contributed by atoms with Crippen LogP contribution in [0.15, 0.2) is 24.3 Å². The van der Waals surface area contributed by atoms with Crippen molar-refractivity contribution in [2.75, 3.05) is 0 Å². The monoisotopic (exact) mass is 167 g/mol. The summed E-state index contributed by atoms with van der Waals surface area (Å²) in [6.07, 6.45) is 6.37. The van der Waals surface area contributed by atoms with E-state index < -0.39 is 12.5 Å². The Bertz CT molecular complexity index is 249. The molecule has 3 N–H and O–H groups in total. The van der Waals surface area contributed by atoms with Crippen molar-refractivity contribution in [1.29, 1.82) is 0 Å². The smallest absolute Gasteiger partial charge is 0.116 e. The van der Waals surface area contributed by atoms with Gasteiger partial charge in [-0.3, -0.25) is 5.32 Å².